The molecular weight excluding hydrogens is 288 g/mol. The van der Waals surface area contributed by atoms with Crippen molar-refractivity contribution in [2.75, 3.05) is 0 Å². The molecule has 0 heterocycles. The molecule has 0 aromatic rings. The molecule has 0 aromatic carbocycles. The molecule has 5 unspecified atom stereocenters. The van der Waals surface area contributed by atoms with Gasteiger partial charge in [-0.3, -0.25) is 0 Å². The van der Waals surface area contributed by atoms with E-state index >= 15 is 0 Å². The third-order valence-corrected chi connectivity index (χ3v) is 8.16. The first kappa shape index (κ1) is 22.0. The summed E-state index contributed by atoms with van der Waals surface area (Å²) in [5.74, 6) is 4.92. The summed E-state index contributed by atoms with van der Waals surface area (Å²) in [5.41, 5.74) is 1.37. The average molecular weight is 337 g/mol. The van der Waals surface area contributed by atoms with Crippen molar-refractivity contribution in [3.63, 3.8) is 0 Å². The predicted molar refractivity (Wildman–Crippen MR) is 110 cm³/mol. The van der Waals surface area contributed by atoms with Crippen LogP contribution in [0, 0.1) is 51.8 Å². The Labute approximate surface area is 154 Å². The highest BCUT2D eigenvalue weighted by Crippen LogP contribution is 2.74. The van der Waals surface area contributed by atoms with Crippen LogP contribution in [0.4, 0.5) is 0 Å². The molecule has 0 aromatic heterocycles. The van der Waals surface area contributed by atoms with E-state index in [1.807, 2.05) is 0 Å². The summed E-state index contributed by atoms with van der Waals surface area (Å²) in [4.78, 5) is 0. The first-order valence-corrected chi connectivity index (χ1v) is 10.7. The van der Waals surface area contributed by atoms with Crippen LogP contribution in [0.3, 0.4) is 0 Å². The maximum absolute atomic E-state index is 2.56. The van der Waals surface area contributed by atoms with Crippen molar-refractivity contribution >= 4 is 0 Å². The van der Waals surface area contributed by atoms with E-state index in [1.165, 1.54) is 19.3 Å². The molecule has 1 fully saturated rings. The van der Waals surface area contributed by atoms with E-state index in [-0.39, 0.29) is 0 Å². The molecule has 0 aliphatic heterocycles. The smallest absolute Gasteiger partial charge is 0.0179 e. The molecule has 1 saturated carbocycles. The Morgan fingerprint density at radius 1 is 0.875 bits per heavy atom. The van der Waals surface area contributed by atoms with Crippen LogP contribution in [-0.4, -0.2) is 0 Å². The third kappa shape index (κ3) is 3.59. The van der Waals surface area contributed by atoms with E-state index in [9.17, 15) is 0 Å². The van der Waals surface area contributed by atoms with Crippen LogP contribution < -0.4 is 0 Å². The largest absolute Gasteiger partial charge is 0.0651 e. The van der Waals surface area contributed by atoms with Crippen molar-refractivity contribution in [2.45, 2.75) is 102 Å². The van der Waals surface area contributed by atoms with Crippen LogP contribution in [0.15, 0.2) is 0 Å². The van der Waals surface area contributed by atoms with Crippen LogP contribution in [0.2, 0.25) is 0 Å². The van der Waals surface area contributed by atoms with Crippen LogP contribution >= 0.6 is 0 Å². The van der Waals surface area contributed by atoms with Gasteiger partial charge < -0.3 is 0 Å². The summed E-state index contributed by atoms with van der Waals surface area (Å²) in [6.07, 6.45) is 4.14. The van der Waals surface area contributed by atoms with Crippen molar-refractivity contribution in [2.24, 2.45) is 51.8 Å². The molecule has 144 valence electrons. The first-order chi connectivity index (χ1) is 10.7. The second kappa shape index (κ2) is 7.32. The Bertz CT molecular complexity index is 395. The van der Waals surface area contributed by atoms with Gasteiger partial charge in [0, 0.05) is 0 Å². The lowest BCUT2D eigenvalue weighted by Gasteiger charge is -2.73. The zero-order valence-electron chi connectivity index (χ0n) is 19.1. The maximum Gasteiger partial charge on any atom is -0.0179 e. The molecule has 1 aliphatic rings. The molecule has 1 aliphatic carbocycles. The summed E-state index contributed by atoms with van der Waals surface area (Å²) >= 11 is 0. The van der Waals surface area contributed by atoms with Crippen LogP contribution in [0.5, 0.6) is 0 Å². The van der Waals surface area contributed by atoms with Crippen molar-refractivity contribution in [3.8, 4) is 0 Å². The van der Waals surface area contributed by atoms with Gasteiger partial charge in [0.05, 0.1) is 0 Å². The van der Waals surface area contributed by atoms with Gasteiger partial charge in [0.1, 0.15) is 0 Å². The normalized spacial score (nSPS) is 32.8. The minimum Gasteiger partial charge on any atom is -0.0651 e. The van der Waals surface area contributed by atoms with Crippen molar-refractivity contribution in [1.82, 2.24) is 0 Å². The number of hydrogen-bond donors (Lipinski definition) is 0. The molecule has 0 heteroatoms. The Kier molecular flexibility index (Phi) is 6.72. The zero-order valence-corrected chi connectivity index (χ0v) is 19.1. The summed E-state index contributed by atoms with van der Waals surface area (Å²) in [6, 6.07) is 0. The van der Waals surface area contributed by atoms with Crippen LogP contribution in [0.1, 0.15) is 102 Å². The highest BCUT2D eigenvalue weighted by molar-refractivity contribution is 5.16. The second-order valence-corrected chi connectivity index (χ2v) is 11.5. The van der Waals surface area contributed by atoms with E-state index in [1.54, 1.807) is 0 Å². The quantitative estimate of drug-likeness (QED) is 0.441. The van der Waals surface area contributed by atoms with Gasteiger partial charge in [-0.2, -0.15) is 0 Å². The molecule has 1 rings (SSSR count). The Morgan fingerprint density at radius 3 is 1.71 bits per heavy atom. The van der Waals surface area contributed by atoms with Crippen LogP contribution in [-0.2, 0) is 0 Å². The van der Waals surface area contributed by atoms with Crippen molar-refractivity contribution in [1.29, 1.82) is 0 Å². The molecule has 0 radical (unpaired) electrons. The summed E-state index contributed by atoms with van der Waals surface area (Å²) < 4.78 is 0. The highest BCUT2D eigenvalue weighted by Gasteiger charge is 2.68. The summed E-state index contributed by atoms with van der Waals surface area (Å²) in [6.45, 7) is 29.8. The Hall–Kier alpha value is 0. The fraction of sp³-hybridized carbons (Fsp3) is 1.00. The Morgan fingerprint density at radius 2 is 1.38 bits per heavy atom. The highest BCUT2D eigenvalue weighted by atomic mass is 14.7. The van der Waals surface area contributed by atoms with Gasteiger partial charge in [0.15, 0.2) is 0 Å². The lowest BCUT2D eigenvalue weighted by atomic mass is 9.31. The molecule has 0 spiro atoms. The molecule has 0 amide bonds. The molecule has 5 atom stereocenters. The van der Waals surface area contributed by atoms with E-state index in [0.717, 1.165) is 35.5 Å². The third-order valence-electron chi connectivity index (χ3n) is 8.16. The molecule has 24 heavy (non-hydrogen) atoms. The minimum atomic E-state index is 0.383. The Balaban J connectivity index is 3.30. The van der Waals surface area contributed by atoms with Crippen molar-refractivity contribution in [3.05, 3.63) is 0 Å². The standard InChI is InChI=1S/C24H48/c1-13-20-23(11,12)21(14-16(2)3)24(20,22(8,9)10)15-18(6)19(7)17(4)5/h16-21H,13-15H2,1-12H3. The van der Waals surface area contributed by atoms with Gasteiger partial charge in [-0.05, 0) is 64.6 Å². The van der Waals surface area contributed by atoms with Crippen molar-refractivity contribution < 1.29 is 0 Å². The van der Waals surface area contributed by atoms with E-state index in [4.69, 9.17) is 0 Å². The number of hydrogen-bond acceptors (Lipinski definition) is 0. The van der Waals surface area contributed by atoms with E-state index < -0.39 is 0 Å². The first-order valence-electron chi connectivity index (χ1n) is 10.7. The van der Waals surface area contributed by atoms with Crippen LogP contribution in [0.25, 0.3) is 0 Å². The van der Waals surface area contributed by atoms with Gasteiger partial charge in [-0.25, -0.2) is 0 Å². The SMILES string of the molecule is CCC1C(C)(C)C(CC(C)C)C1(CC(C)C(C)C(C)C)C(C)(C)C. The summed E-state index contributed by atoms with van der Waals surface area (Å²) in [5, 5.41) is 0. The second-order valence-electron chi connectivity index (χ2n) is 11.5. The van der Waals surface area contributed by atoms with Gasteiger partial charge in [0.2, 0.25) is 0 Å². The van der Waals surface area contributed by atoms with Gasteiger partial charge in [-0.1, -0.05) is 89.5 Å². The monoisotopic (exact) mass is 336 g/mol. The fourth-order valence-corrected chi connectivity index (χ4v) is 6.60. The van der Waals surface area contributed by atoms with Gasteiger partial charge in [-0.15, -0.1) is 0 Å². The molecule has 0 bridgehead atoms. The fourth-order valence-electron chi connectivity index (χ4n) is 6.60. The minimum absolute atomic E-state index is 0.383. The molecule has 0 saturated heterocycles. The molecule has 0 N–H and O–H groups in total. The predicted octanol–water partition coefficient (Wildman–Crippen LogP) is 8.07. The van der Waals surface area contributed by atoms with E-state index in [0.29, 0.717) is 16.2 Å². The zero-order chi connectivity index (χ0) is 19.1. The average Bonchev–Trinajstić information content (AvgIpc) is 2.41. The van der Waals surface area contributed by atoms with Gasteiger partial charge in [0.25, 0.3) is 0 Å². The molecule has 0 nitrogen and oxygen atoms in total. The maximum atomic E-state index is 2.56. The lowest BCUT2D eigenvalue weighted by Crippen LogP contribution is -2.67. The summed E-state index contributed by atoms with van der Waals surface area (Å²) in [7, 11) is 0. The lowest BCUT2D eigenvalue weighted by molar-refractivity contribution is -0.255. The topological polar surface area (TPSA) is 0 Å². The number of rotatable bonds is 7. The molecular formula is C24H48. The van der Waals surface area contributed by atoms with E-state index in [2.05, 4.69) is 83.1 Å². The van der Waals surface area contributed by atoms with Gasteiger partial charge >= 0.3 is 0 Å².